The van der Waals surface area contributed by atoms with Gasteiger partial charge in [0.05, 0.1) is 0 Å². The van der Waals surface area contributed by atoms with Gasteiger partial charge in [-0.3, -0.25) is 9.59 Å². The molecule has 0 aliphatic carbocycles. The van der Waals surface area contributed by atoms with Crippen molar-refractivity contribution in [2.24, 2.45) is 11.8 Å². The maximum atomic E-state index is 11.2. The Kier molecular flexibility index (Phi) is 5.60. The molecular formula is C11H20O2. The highest BCUT2D eigenvalue weighted by Crippen LogP contribution is 2.18. The van der Waals surface area contributed by atoms with Gasteiger partial charge in [0.1, 0.15) is 11.6 Å². The molecule has 0 bridgehead atoms. The molecule has 2 nitrogen and oxygen atoms in total. The molecule has 0 aliphatic rings. The van der Waals surface area contributed by atoms with E-state index in [-0.39, 0.29) is 17.5 Å². The molecule has 0 N–H and O–H groups in total. The van der Waals surface area contributed by atoms with Crippen LogP contribution in [0.2, 0.25) is 0 Å². The fourth-order valence-corrected chi connectivity index (χ4v) is 1.50. The summed E-state index contributed by atoms with van der Waals surface area (Å²) in [7, 11) is 0. The summed E-state index contributed by atoms with van der Waals surface area (Å²) in [5.41, 5.74) is 0. The van der Waals surface area contributed by atoms with Gasteiger partial charge in [-0.1, -0.05) is 20.8 Å². The van der Waals surface area contributed by atoms with Gasteiger partial charge in [-0.25, -0.2) is 0 Å². The largest absolute Gasteiger partial charge is 0.300 e. The molecule has 0 aliphatic heterocycles. The van der Waals surface area contributed by atoms with Crippen LogP contribution in [-0.4, -0.2) is 11.6 Å². The normalized spacial score (nSPS) is 13.0. The summed E-state index contributed by atoms with van der Waals surface area (Å²) < 4.78 is 0. The summed E-state index contributed by atoms with van der Waals surface area (Å²) in [5.74, 6) is 0.878. The Labute approximate surface area is 80.7 Å². The molecule has 0 heterocycles. The molecule has 1 atom stereocenters. The van der Waals surface area contributed by atoms with Gasteiger partial charge in [-0.05, 0) is 19.3 Å². The Bertz CT molecular complexity index is 183. The van der Waals surface area contributed by atoms with Gasteiger partial charge >= 0.3 is 0 Å². The van der Waals surface area contributed by atoms with Crippen LogP contribution in [0.1, 0.15) is 47.0 Å². The number of rotatable bonds is 6. The van der Waals surface area contributed by atoms with Crippen LogP contribution in [0.4, 0.5) is 0 Å². The van der Waals surface area contributed by atoms with Gasteiger partial charge in [0.25, 0.3) is 0 Å². The zero-order valence-electron chi connectivity index (χ0n) is 9.09. The van der Waals surface area contributed by atoms with Crippen molar-refractivity contribution >= 4 is 11.6 Å². The minimum Gasteiger partial charge on any atom is -0.300 e. The summed E-state index contributed by atoms with van der Waals surface area (Å²) in [4.78, 5) is 22.2. The molecular weight excluding hydrogens is 164 g/mol. The zero-order valence-corrected chi connectivity index (χ0v) is 9.09. The second kappa shape index (κ2) is 5.90. The number of hydrogen-bond donors (Lipinski definition) is 0. The van der Waals surface area contributed by atoms with Crippen LogP contribution < -0.4 is 0 Å². The monoisotopic (exact) mass is 184 g/mol. The second-order valence-corrected chi connectivity index (χ2v) is 3.89. The van der Waals surface area contributed by atoms with Crippen molar-refractivity contribution in [3.05, 3.63) is 0 Å². The number of carbonyl (C=O) groups excluding carboxylic acids is 2. The minimum atomic E-state index is 0.0653. The number of carbonyl (C=O) groups is 2. The Hall–Kier alpha value is -0.660. The lowest BCUT2D eigenvalue weighted by Crippen LogP contribution is -2.18. The first-order valence-electron chi connectivity index (χ1n) is 5.01. The molecule has 0 radical (unpaired) electrons. The minimum absolute atomic E-state index is 0.0653. The van der Waals surface area contributed by atoms with Crippen LogP contribution in [0.15, 0.2) is 0 Å². The standard InChI is InChI=1S/C11H20O2/c1-5-10(13)6-7-11(8(2)3)9(4)12/h8,11H,5-7H2,1-4H3. The number of Topliss-reactive ketones (excluding diaryl/α,β-unsaturated/α-hetero) is 2. The van der Waals surface area contributed by atoms with Crippen LogP contribution in [0.25, 0.3) is 0 Å². The molecule has 1 unspecified atom stereocenters. The van der Waals surface area contributed by atoms with Crippen LogP contribution >= 0.6 is 0 Å². The van der Waals surface area contributed by atoms with Crippen molar-refractivity contribution in [1.82, 2.24) is 0 Å². The van der Waals surface area contributed by atoms with E-state index in [0.717, 1.165) is 6.42 Å². The van der Waals surface area contributed by atoms with Crippen LogP contribution in [0.3, 0.4) is 0 Å². The molecule has 2 heteroatoms. The van der Waals surface area contributed by atoms with Crippen molar-refractivity contribution in [3.63, 3.8) is 0 Å². The van der Waals surface area contributed by atoms with Crippen molar-refractivity contribution in [2.75, 3.05) is 0 Å². The fraction of sp³-hybridized carbons (Fsp3) is 0.818. The van der Waals surface area contributed by atoms with Crippen molar-refractivity contribution < 1.29 is 9.59 Å². The Morgan fingerprint density at radius 3 is 2.08 bits per heavy atom. The van der Waals surface area contributed by atoms with Gasteiger partial charge in [0, 0.05) is 18.8 Å². The molecule has 0 rings (SSSR count). The Morgan fingerprint density at radius 2 is 1.77 bits per heavy atom. The quantitative estimate of drug-likeness (QED) is 0.636. The van der Waals surface area contributed by atoms with E-state index in [2.05, 4.69) is 0 Å². The molecule has 0 aromatic heterocycles. The molecule has 0 aromatic carbocycles. The maximum Gasteiger partial charge on any atom is 0.133 e. The Morgan fingerprint density at radius 1 is 1.23 bits per heavy atom. The van der Waals surface area contributed by atoms with E-state index < -0.39 is 0 Å². The lowest BCUT2D eigenvalue weighted by atomic mass is 9.87. The summed E-state index contributed by atoms with van der Waals surface area (Å²) in [5, 5.41) is 0. The van der Waals surface area contributed by atoms with Crippen LogP contribution in [0.5, 0.6) is 0 Å². The molecule has 76 valence electrons. The van der Waals surface area contributed by atoms with Gasteiger partial charge in [-0.2, -0.15) is 0 Å². The molecule has 0 fully saturated rings. The van der Waals surface area contributed by atoms with Crippen molar-refractivity contribution in [1.29, 1.82) is 0 Å². The highest BCUT2D eigenvalue weighted by molar-refractivity contribution is 5.81. The van der Waals surface area contributed by atoms with E-state index in [1.165, 1.54) is 0 Å². The average molecular weight is 184 g/mol. The van der Waals surface area contributed by atoms with Gasteiger partial charge in [0.2, 0.25) is 0 Å². The Balaban J connectivity index is 3.97. The lowest BCUT2D eigenvalue weighted by Gasteiger charge is -2.16. The van der Waals surface area contributed by atoms with Crippen LogP contribution in [0, 0.1) is 11.8 Å². The van der Waals surface area contributed by atoms with E-state index in [1.54, 1.807) is 6.92 Å². The number of hydrogen-bond acceptors (Lipinski definition) is 2. The summed E-state index contributed by atoms with van der Waals surface area (Å²) in [6.45, 7) is 7.53. The van der Waals surface area contributed by atoms with Crippen molar-refractivity contribution in [2.45, 2.75) is 47.0 Å². The number of ketones is 2. The van der Waals surface area contributed by atoms with Gasteiger partial charge in [0.15, 0.2) is 0 Å². The van der Waals surface area contributed by atoms with E-state index in [4.69, 9.17) is 0 Å². The molecule has 0 spiro atoms. The molecule has 0 saturated heterocycles. The molecule has 0 aromatic rings. The topological polar surface area (TPSA) is 34.1 Å². The SMILES string of the molecule is CCC(=O)CCC(C(C)=O)C(C)C. The first kappa shape index (κ1) is 12.3. The molecule has 13 heavy (non-hydrogen) atoms. The van der Waals surface area contributed by atoms with E-state index in [9.17, 15) is 9.59 Å². The first-order valence-corrected chi connectivity index (χ1v) is 5.01. The third kappa shape index (κ3) is 4.81. The predicted molar refractivity (Wildman–Crippen MR) is 53.5 cm³/mol. The van der Waals surface area contributed by atoms with E-state index in [0.29, 0.717) is 18.8 Å². The third-order valence-corrected chi connectivity index (χ3v) is 2.46. The summed E-state index contributed by atoms with van der Waals surface area (Å²) in [6, 6.07) is 0. The summed E-state index contributed by atoms with van der Waals surface area (Å²) in [6.07, 6.45) is 1.86. The predicted octanol–water partition coefficient (Wildman–Crippen LogP) is 2.61. The first-order chi connectivity index (χ1) is 5.99. The van der Waals surface area contributed by atoms with Crippen molar-refractivity contribution in [3.8, 4) is 0 Å². The molecule has 0 saturated carbocycles. The average Bonchev–Trinajstić information content (AvgIpc) is 2.03. The fourth-order valence-electron chi connectivity index (χ4n) is 1.50. The molecule has 0 amide bonds. The highest BCUT2D eigenvalue weighted by atomic mass is 16.1. The van der Waals surface area contributed by atoms with Crippen LogP contribution in [-0.2, 0) is 9.59 Å². The lowest BCUT2D eigenvalue weighted by molar-refractivity contribution is -0.123. The zero-order chi connectivity index (χ0) is 10.4. The van der Waals surface area contributed by atoms with Gasteiger partial charge in [-0.15, -0.1) is 0 Å². The smallest absolute Gasteiger partial charge is 0.133 e. The van der Waals surface area contributed by atoms with E-state index >= 15 is 0 Å². The van der Waals surface area contributed by atoms with Gasteiger partial charge < -0.3 is 0 Å². The second-order valence-electron chi connectivity index (χ2n) is 3.89. The maximum absolute atomic E-state index is 11.2. The summed E-state index contributed by atoms with van der Waals surface area (Å²) >= 11 is 0. The van der Waals surface area contributed by atoms with E-state index in [1.807, 2.05) is 20.8 Å². The highest BCUT2D eigenvalue weighted by Gasteiger charge is 2.18. The third-order valence-electron chi connectivity index (χ3n) is 2.46.